The predicted molar refractivity (Wildman–Crippen MR) is 65.2 cm³/mol. The molecule has 16 heavy (non-hydrogen) atoms. The molecule has 0 heterocycles. The summed E-state index contributed by atoms with van der Waals surface area (Å²) in [5.41, 5.74) is 1.27. The van der Waals surface area contributed by atoms with E-state index in [0.29, 0.717) is 13.0 Å². The van der Waals surface area contributed by atoms with Gasteiger partial charge in [-0.05, 0) is 30.5 Å². The van der Waals surface area contributed by atoms with E-state index in [-0.39, 0.29) is 0 Å². The van der Waals surface area contributed by atoms with Crippen molar-refractivity contribution in [1.82, 2.24) is 5.32 Å². The number of benzene rings is 1. The molecule has 0 aromatic heterocycles. The molecule has 1 saturated carbocycles. The van der Waals surface area contributed by atoms with E-state index in [2.05, 4.69) is 23.4 Å². The van der Waals surface area contributed by atoms with Gasteiger partial charge in [-0.1, -0.05) is 12.1 Å². The van der Waals surface area contributed by atoms with Crippen LogP contribution in [0.15, 0.2) is 24.3 Å². The van der Waals surface area contributed by atoms with Crippen molar-refractivity contribution in [3.8, 4) is 18.1 Å². The summed E-state index contributed by atoms with van der Waals surface area (Å²) in [6.45, 7) is 1.52. The lowest BCUT2D eigenvalue weighted by Gasteiger charge is -2.07. The maximum Gasteiger partial charge on any atom is 0.119 e. The number of nitrogens with one attached hydrogen (secondary N) is 1. The Labute approximate surface area is 97.0 Å². The van der Waals surface area contributed by atoms with Crippen molar-refractivity contribution >= 4 is 0 Å². The smallest absolute Gasteiger partial charge is 0.119 e. The van der Waals surface area contributed by atoms with E-state index in [1.54, 1.807) is 0 Å². The molecule has 1 fully saturated rings. The van der Waals surface area contributed by atoms with E-state index in [1.807, 2.05) is 12.1 Å². The second kappa shape index (κ2) is 5.58. The summed E-state index contributed by atoms with van der Waals surface area (Å²) in [6, 6.07) is 8.92. The van der Waals surface area contributed by atoms with Gasteiger partial charge in [-0.25, -0.2) is 0 Å². The van der Waals surface area contributed by atoms with Crippen molar-refractivity contribution in [3.05, 3.63) is 29.8 Å². The van der Waals surface area contributed by atoms with Crippen molar-refractivity contribution in [1.29, 1.82) is 0 Å². The second-order valence-electron chi connectivity index (χ2n) is 4.11. The van der Waals surface area contributed by atoms with Crippen molar-refractivity contribution in [2.45, 2.75) is 31.8 Å². The highest BCUT2D eigenvalue weighted by Gasteiger charge is 2.19. The zero-order valence-electron chi connectivity index (χ0n) is 9.41. The molecule has 2 heteroatoms. The maximum absolute atomic E-state index is 5.54. The van der Waals surface area contributed by atoms with Gasteiger partial charge in [0, 0.05) is 19.0 Å². The van der Waals surface area contributed by atoms with Crippen LogP contribution in [0.3, 0.4) is 0 Å². The van der Waals surface area contributed by atoms with Gasteiger partial charge in [0.25, 0.3) is 0 Å². The number of ether oxygens (including phenoxy) is 1. The van der Waals surface area contributed by atoms with Crippen LogP contribution in [0.4, 0.5) is 0 Å². The minimum atomic E-state index is 0.593. The van der Waals surface area contributed by atoms with Gasteiger partial charge < -0.3 is 10.1 Å². The fourth-order valence-corrected chi connectivity index (χ4v) is 1.52. The van der Waals surface area contributed by atoms with Gasteiger partial charge >= 0.3 is 0 Å². The predicted octanol–water partition coefficient (Wildman–Crippen LogP) is 2.34. The van der Waals surface area contributed by atoms with Gasteiger partial charge in [0.15, 0.2) is 0 Å². The van der Waals surface area contributed by atoms with Crippen LogP contribution in [0, 0.1) is 12.3 Å². The minimum absolute atomic E-state index is 0.593. The third-order valence-electron chi connectivity index (χ3n) is 2.59. The summed E-state index contributed by atoms with van der Waals surface area (Å²) in [7, 11) is 0. The second-order valence-corrected chi connectivity index (χ2v) is 4.11. The topological polar surface area (TPSA) is 21.3 Å². The lowest BCUT2D eigenvalue weighted by molar-refractivity contribution is 0.327. The summed E-state index contributed by atoms with van der Waals surface area (Å²) in [4.78, 5) is 0. The molecule has 2 nitrogen and oxygen atoms in total. The molecule has 84 valence electrons. The Bertz CT molecular complexity index is 377. The Morgan fingerprint density at radius 3 is 3.06 bits per heavy atom. The Morgan fingerprint density at radius 2 is 2.31 bits per heavy atom. The van der Waals surface area contributed by atoms with Crippen molar-refractivity contribution in [2.75, 3.05) is 6.61 Å². The standard InChI is InChI=1S/C14H17NO/c1-2-3-9-16-14-6-4-5-12(10-14)11-15-13-7-8-13/h1,4-6,10,13,15H,3,7-9,11H2. The monoisotopic (exact) mass is 215 g/mol. The molecule has 0 amide bonds. The van der Waals surface area contributed by atoms with Crippen LogP contribution in [-0.2, 0) is 6.54 Å². The Morgan fingerprint density at radius 1 is 1.44 bits per heavy atom. The van der Waals surface area contributed by atoms with E-state index in [0.717, 1.165) is 18.3 Å². The van der Waals surface area contributed by atoms with Crippen LogP contribution < -0.4 is 10.1 Å². The average molecular weight is 215 g/mol. The van der Waals surface area contributed by atoms with Crippen molar-refractivity contribution in [2.24, 2.45) is 0 Å². The third kappa shape index (κ3) is 3.60. The summed E-state index contributed by atoms with van der Waals surface area (Å²) in [5, 5.41) is 3.48. The highest BCUT2D eigenvalue weighted by Crippen LogP contribution is 2.20. The fraction of sp³-hybridized carbons (Fsp3) is 0.429. The Balaban J connectivity index is 1.82. The summed E-state index contributed by atoms with van der Waals surface area (Å²) in [6.07, 6.45) is 8.46. The number of rotatable bonds is 6. The molecule has 0 saturated heterocycles. The first-order valence-electron chi connectivity index (χ1n) is 5.77. The molecule has 0 atom stereocenters. The SMILES string of the molecule is C#CCCOc1cccc(CNC2CC2)c1. The highest BCUT2D eigenvalue weighted by atomic mass is 16.5. The summed E-state index contributed by atoms with van der Waals surface area (Å²) in [5.74, 6) is 3.47. The first kappa shape index (κ1) is 11.0. The molecule has 2 rings (SSSR count). The summed E-state index contributed by atoms with van der Waals surface area (Å²) >= 11 is 0. The third-order valence-corrected chi connectivity index (χ3v) is 2.59. The van der Waals surface area contributed by atoms with Crippen LogP contribution in [0.5, 0.6) is 5.75 Å². The van der Waals surface area contributed by atoms with E-state index in [4.69, 9.17) is 11.2 Å². The molecule has 1 aliphatic rings. The lowest BCUT2D eigenvalue weighted by atomic mass is 10.2. The average Bonchev–Trinajstić information content (AvgIpc) is 3.11. The lowest BCUT2D eigenvalue weighted by Crippen LogP contribution is -2.15. The molecular weight excluding hydrogens is 198 g/mol. The quantitative estimate of drug-likeness (QED) is 0.581. The van der Waals surface area contributed by atoms with Crippen LogP contribution >= 0.6 is 0 Å². The van der Waals surface area contributed by atoms with Gasteiger partial charge in [-0.15, -0.1) is 12.3 Å². The van der Waals surface area contributed by atoms with Crippen LogP contribution in [0.2, 0.25) is 0 Å². The molecular formula is C14H17NO. The van der Waals surface area contributed by atoms with E-state index < -0.39 is 0 Å². The molecule has 0 spiro atoms. The number of terminal acetylenes is 1. The molecule has 0 bridgehead atoms. The maximum atomic E-state index is 5.54. The van der Waals surface area contributed by atoms with E-state index >= 15 is 0 Å². The fourth-order valence-electron chi connectivity index (χ4n) is 1.52. The van der Waals surface area contributed by atoms with E-state index in [1.165, 1.54) is 18.4 Å². The van der Waals surface area contributed by atoms with Crippen molar-refractivity contribution < 1.29 is 4.74 Å². The van der Waals surface area contributed by atoms with Crippen LogP contribution in [0.25, 0.3) is 0 Å². The zero-order valence-corrected chi connectivity index (χ0v) is 9.41. The molecule has 1 aliphatic carbocycles. The van der Waals surface area contributed by atoms with Crippen LogP contribution in [0.1, 0.15) is 24.8 Å². The molecule has 0 aliphatic heterocycles. The first-order chi connectivity index (χ1) is 7.88. The highest BCUT2D eigenvalue weighted by molar-refractivity contribution is 5.28. The molecule has 1 aromatic rings. The number of hydrogen-bond donors (Lipinski definition) is 1. The van der Waals surface area contributed by atoms with Crippen molar-refractivity contribution in [3.63, 3.8) is 0 Å². The number of hydrogen-bond acceptors (Lipinski definition) is 2. The first-order valence-corrected chi connectivity index (χ1v) is 5.77. The summed E-state index contributed by atoms with van der Waals surface area (Å²) < 4.78 is 5.54. The van der Waals surface area contributed by atoms with Gasteiger partial charge in [0.1, 0.15) is 5.75 Å². The Kier molecular flexibility index (Phi) is 3.85. The zero-order chi connectivity index (χ0) is 11.2. The normalized spacial score (nSPS) is 14.4. The molecule has 0 unspecified atom stereocenters. The molecule has 0 radical (unpaired) electrons. The van der Waals surface area contributed by atoms with Gasteiger partial charge in [0.2, 0.25) is 0 Å². The van der Waals surface area contributed by atoms with Gasteiger partial charge in [-0.3, -0.25) is 0 Å². The van der Waals surface area contributed by atoms with Crippen LogP contribution in [-0.4, -0.2) is 12.6 Å². The molecule has 1 aromatic carbocycles. The molecule has 1 N–H and O–H groups in total. The van der Waals surface area contributed by atoms with E-state index in [9.17, 15) is 0 Å². The Hall–Kier alpha value is -1.46. The largest absolute Gasteiger partial charge is 0.493 e. The van der Waals surface area contributed by atoms with Gasteiger partial charge in [0.05, 0.1) is 6.61 Å². The minimum Gasteiger partial charge on any atom is -0.493 e. The van der Waals surface area contributed by atoms with Gasteiger partial charge in [-0.2, -0.15) is 0 Å².